The van der Waals surface area contributed by atoms with Crippen molar-refractivity contribution in [3.8, 4) is 5.75 Å². The van der Waals surface area contributed by atoms with E-state index < -0.39 is 82.7 Å². The Bertz CT molecular complexity index is 1340. The fourth-order valence-corrected chi connectivity index (χ4v) is 3.79. The molecule has 17 heteroatoms. The number of carbonyl (C=O) groups is 2. The number of halogens is 12. The van der Waals surface area contributed by atoms with E-state index in [9.17, 15) is 62.3 Å². The monoisotopic (exact) mass is 622 g/mol. The number of carbonyl (C=O) groups excluding carboxylic acids is 2. The summed E-state index contributed by atoms with van der Waals surface area (Å²) in [7, 11) is 0. The number of nitrogens with one attached hydrogen (secondary N) is 2. The first-order valence-electron chi connectivity index (χ1n) is 11.6. The summed E-state index contributed by atoms with van der Waals surface area (Å²) in [6.07, 6.45) is -19.6. The molecule has 1 aliphatic carbocycles. The van der Waals surface area contributed by atoms with E-state index >= 15 is 0 Å². The predicted molar refractivity (Wildman–Crippen MR) is 121 cm³/mol. The Hall–Kier alpha value is -3.92. The first kappa shape index (κ1) is 32.6. The van der Waals surface area contributed by atoms with Gasteiger partial charge in [0.25, 0.3) is 5.91 Å². The average Bonchev–Trinajstić information content (AvgIpc) is 3.60. The Morgan fingerprint density at radius 1 is 0.905 bits per heavy atom. The number of ether oxygens (including phenoxy) is 1. The molecule has 0 aromatic heterocycles. The third-order valence-electron chi connectivity index (χ3n) is 5.87. The zero-order valence-electron chi connectivity index (χ0n) is 20.7. The van der Waals surface area contributed by atoms with Crippen LogP contribution in [0.5, 0.6) is 5.75 Å². The molecule has 2 aromatic rings. The van der Waals surface area contributed by atoms with Gasteiger partial charge in [-0.25, -0.2) is 0 Å². The molecule has 2 amide bonds. The van der Waals surface area contributed by atoms with Crippen molar-refractivity contribution in [1.82, 2.24) is 10.6 Å². The van der Waals surface area contributed by atoms with Crippen molar-refractivity contribution >= 4 is 17.9 Å². The second-order valence-corrected chi connectivity index (χ2v) is 9.14. The molecule has 2 aromatic carbocycles. The van der Waals surface area contributed by atoms with Crippen molar-refractivity contribution in [1.29, 1.82) is 0 Å². The van der Waals surface area contributed by atoms with Gasteiger partial charge in [0.2, 0.25) is 5.91 Å². The largest absolute Gasteiger partial charge is 0.573 e. The van der Waals surface area contributed by atoms with Gasteiger partial charge in [-0.2, -0.15) is 39.5 Å². The van der Waals surface area contributed by atoms with Gasteiger partial charge in [0.15, 0.2) is 0 Å². The Balaban J connectivity index is 1.88. The first-order chi connectivity index (χ1) is 19.1. The smallest absolute Gasteiger partial charge is 0.406 e. The summed E-state index contributed by atoms with van der Waals surface area (Å²) in [6, 6.07) is 4.66. The third-order valence-corrected chi connectivity index (χ3v) is 5.87. The van der Waals surface area contributed by atoms with Crippen LogP contribution in [0.25, 0.3) is 6.08 Å². The van der Waals surface area contributed by atoms with Crippen molar-refractivity contribution in [2.45, 2.75) is 49.2 Å². The van der Waals surface area contributed by atoms with E-state index in [4.69, 9.17) is 0 Å². The van der Waals surface area contributed by atoms with Gasteiger partial charge in [-0.1, -0.05) is 30.4 Å². The molecule has 42 heavy (non-hydrogen) atoms. The standard InChI is InChI=1S/C25H18F12N2O3/c26-22(27,28)12-38-20(41)21(8-9-21)39-19(40)16-6-4-13(10-18(16)24(32,33)34)5-7-17(23(29,30)31)14-2-1-3-15(11-14)42-25(35,36)37/h1-7,10-11,17H,8-9,12H2,(H,38,41)(H,39,40). The minimum absolute atomic E-state index is 0.154. The summed E-state index contributed by atoms with van der Waals surface area (Å²) in [4.78, 5) is 24.7. The molecule has 3 rings (SSSR count). The van der Waals surface area contributed by atoms with Crippen LogP contribution < -0.4 is 15.4 Å². The molecule has 1 unspecified atom stereocenters. The second kappa shape index (κ2) is 11.4. The van der Waals surface area contributed by atoms with Crippen LogP contribution in [0.2, 0.25) is 0 Å². The molecule has 1 saturated carbocycles. The van der Waals surface area contributed by atoms with Gasteiger partial charge in [0.05, 0.1) is 17.0 Å². The van der Waals surface area contributed by atoms with Crippen molar-refractivity contribution in [2.24, 2.45) is 0 Å². The molecule has 230 valence electrons. The molecule has 0 spiro atoms. The number of amides is 2. The van der Waals surface area contributed by atoms with Crippen LogP contribution in [-0.2, 0) is 11.0 Å². The Labute approximate surface area is 228 Å². The topological polar surface area (TPSA) is 67.4 Å². The van der Waals surface area contributed by atoms with Crippen LogP contribution >= 0.6 is 0 Å². The zero-order valence-corrected chi connectivity index (χ0v) is 20.7. The maximum atomic E-state index is 13.8. The summed E-state index contributed by atoms with van der Waals surface area (Å²) in [5.41, 5.74) is -5.75. The highest BCUT2D eigenvalue weighted by Gasteiger charge is 2.52. The molecule has 0 saturated heterocycles. The number of hydrogen-bond donors (Lipinski definition) is 2. The first-order valence-corrected chi connectivity index (χ1v) is 11.6. The van der Waals surface area contributed by atoms with Crippen molar-refractivity contribution < 1.29 is 67.0 Å². The highest BCUT2D eigenvalue weighted by molar-refractivity contribution is 6.01. The number of alkyl halides is 12. The predicted octanol–water partition coefficient (Wildman–Crippen LogP) is 6.90. The number of hydrogen-bond acceptors (Lipinski definition) is 3. The molecule has 2 N–H and O–H groups in total. The normalized spacial score (nSPS) is 16.2. The van der Waals surface area contributed by atoms with Gasteiger partial charge in [-0.3, -0.25) is 9.59 Å². The van der Waals surface area contributed by atoms with E-state index in [0.29, 0.717) is 30.4 Å². The second-order valence-electron chi connectivity index (χ2n) is 9.14. The van der Waals surface area contributed by atoms with E-state index in [1.807, 2.05) is 5.32 Å². The Kier molecular flexibility index (Phi) is 8.84. The fourth-order valence-electron chi connectivity index (χ4n) is 3.79. The fraction of sp³-hybridized carbons (Fsp3) is 0.360. The zero-order chi connectivity index (χ0) is 31.7. The molecule has 1 atom stereocenters. The number of allylic oxidation sites excluding steroid dienone is 1. The van der Waals surface area contributed by atoms with Crippen LogP contribution in [-0.4, -0.2) is 42.6 Å². The SMILES string of the molecule is O=C(NC1(C(=O)NCC(F)(F)F)CC1)c1ccc(C=CC(c2cccc(OC(F)(F)F)c2)C(F)(F)F)cc1C(F)(F)F. The van der Waals surface area contributed by atoms with E-state index in [0.717, 1.165) is 24.3 Å². The lowest BCUT2D eigenvalue weighted by molar-refractivity contribution is -0.274. The highest BCUT2D eigenvalue weighted by atomic mass is 19.4. The molecule has 0 radical (unpaired) electrons. The van der Waals surface area contributed by atoms with E-state index in [-0.39, 0.29) is 12.8 Å². The summed E-state index contributed by atoms with van der Waals surface area (Å²) in [5.74, 6) is -6.26. The maximum Gasteiger partial charge on any atom is 0.573 e. The highest BCUT2D eigenvalue weighted by Crippen LogP contribution is 2.40. The number of rotatable bonds is 8. The minimum atomic E-state index is -5.24. The van der Waals surface area contributed by atoms with Crippen LogP contribution in [0.15, 0.2) is 48.5 Å². The van der Waals surface area contributed by atoms with Crippen LogP contribution in [0, 0.1) is 0 Å². The quantitative estimate of drug-likeness (QED) is 0.315. The van der Waals surface area contributed by atoms with Gasteiger partial charge in [-0.15, -0.1) is 13.2 Å². The van der Waals surface area contributed by atoms with E-state index in [2.05, 4.69) is 4.74 Å². The van der Waals surface area contributed by atoms with E-state index in [1.54, 1.807) is 0 Å². The van der Waals surface area contributed by atoms with E-state index in [1.165, 1.54) is 5.32 Å². The van der Waals surface area contributed by atoms with Crippen molar-refractivity contribution in [3.05, 3.63) is 70.8 Å². The summed E-state index contributed by atoms with van der Waals surface area (Å²) >= 11 is 0. The lowest BCUT2D eigenvalue weighted by Gasteiger charge is -2.20. The summed E-state index contributed by atoms with van der Waals surface area (Å²) in [5, 5.41) is 3.53. The molecule has 0 aliphatic heterocycles. The molecule has 1 fully saturated rings. The Morgan fingerprint density at radius 3 is 2.07 bits per heavy atom. The molecule has 1 aliphatic rings. The summed E-state index contributed by atoms with van der Waals surface area (Å²) in [6.45, 7) is -1.74. The van der Waals surface area contributed by atoms with Gasteiger partial charge in [-0.05, 0) is 48.2 Å². The number of benzene rings is 2. The van der Waals surface area contributed by atoms with Crippen LogP contribution in [0.1, 0.15) is 45.8 Å². The maximum absolute atomic E-state index is 13.8. The van der Waals surface area contributed by atoms with Crippen molar-refractivity contribution in [3.63, 3.8) is 0 Å². The molecular weight excluding hydrogens is 604 g/mol. The molecule has 5 nitrogen and oxygen atoms in total. The molecule has 0 heterocycles. The van der Waals surface area contributed by atoms with Crippen molar-refractivity contribution in [2.75, 3.05) is 6.54 Å². The third kappa shape index (κ3) is 8.79. The lowest BCUT2D eigenvalue weighted by Crippen LogP contribution is -2.51. The minimum Gasteiger partial charge on any atom is -0.406 e. The van der Waals surface area contributed by atoms with Gasteiger partial charge >= 0.3 is 24.9 Å². The lowest BCUT2D eigenvalue weighted by atomic mass is 9.96. The molecular formula is C25H18F12N2O3. The van der Waals surface area contributed by atoms with Gasteiger partial charge in [0.1, 0.15) is 17.8 Å². The Morgan fingerprint density at radius 2 is 1.55 bits per heavy atom. The van der Waals surface area contributed by atoms with Crippen LogP contribution in [0.4, 0.5) is 52.7 Å². The van der Waals surface area contributed by atoms with Crippen LogP contribution in [0.3, 0.4) is 0 Å². The summed E-state index contributed by atoms with van der Waals surface area (Å²) < 4.78 is 161. The average molecular weight is 622 g/mol. The van der Waals surface area contributed by atoms with Gasteiger partial charge in [0, 0.05) is 0 Å². The van der Waals surface area contributed by atoms with Gasteiger partial charge < -0.3 is 15.4 Å². The molecule has 0 bridgehead atoms.